The van der Waals surface area contributed by atoms with Gasteiger partial charge >= 0.3 is 0 Å². The van der Waals surface area contributed by atoms with E-state index in [1.54, 1.807) is 0 Å². The summed E-state index contributed by atoms with van der Waals surface area (Å²) in [6.07, 6.45) is 3.42. The summed E-state index contributed by atoms with van der Waals surface area (Å²) in [5, 5.41) is 5.80. The third kappa shape index (κ3) is 4.65. The van der Waals surface area contributed by atoms with Gasteiger partial charge in [-0.2, -0.15) is 0 Å². The third-order valence-electron chi connectivity index (χ3n) is 3.85. The number of fused-ring (bicyclic) bond motifs is 1. The van der Waals surface area contributed by atoms with E-state index in [0.717, 1.165) is 12.2 Å². The summed E-state index contributed by atoms with van der Waals surface area (Å²) in [7, 11) is 1.20. The summed E-state index contributed by atoms with van der Waals surface area (Å²) in [4.78, 5) is 0. The normalized spacial score (nSPS) is 14.2. The molecule has 0 aliphatic carbocycles. The van der Waals surface area contributed by atoms with Gasteiger partial charge in [0.05, 0.1) is 0 Å². The van der Waals surface area contributed by atoms with Crippen molar-refractivity contribution < 1.29 is 4.21 Å². The average Bonchev–Trinajstić information content (AvgIpc) is 2.52. The molecule has 0 spiro atoms. The number of nitrogens with one attached hydrogen (secondary N) is 1. The van der Waals surface area contributed by atoms with Crippen LogP contribution >= 0.6 is 0 Å². The van der Waals surface area contributed by atoms with Crippen LogP contribution in [0.25, 0.3) is 10.8 Å². The number of rotatable bonds is 8. The lowest BCUT2D eigenvalue weighted by atomic mass is 10.0. The largest absolute Gasteiger partial charge is 0.312 e. The SMILES string of the molecule is CCCCCS(=O)CC(NC)c1ccc2ccccc2c1. The molecule has 0 aliphatic heterocycles. The Kier molecular flexibility index (Phi) is 6.40. The van der Waals surface area contributed by atoms with Crippen LogP contribution in [0.3, 0.4) is 0 Å². The van der Waals surface area contributed by atoms with Crippen molar-refractivity contribution in [2.45, 2.75) is 32.2 Å². The number of benzene rings is 2. The van der Waals surface area contributed by atoms with Gasteiger partial charge in [-0.1, -0.05) is 56.2 Å². The summed E-state index contributed by atoms with van der Waals surface area (Å²) in [5.74, 6) is 1.51. The maximum Gasteiger partial charge on any atom is 0.0434 e. The summed E-state index contributed by atoms with van der Waals surface area (Å²) < 4.78 is 12.2. The molecule has 21 heavy (non-hydrogen) atoms. The van der Waals surface area contributed by atoms with Crippen LogP contribution in [0.15, 0.2) is 42.5 Å². The van der Waals surface area contributed by atoms with E-state index in [4.69, 9.17) is 0 Å². The molecule has 1 N–H and O–H groups in total. The van der Waals surface area contributed by atoms with Crippen molar-refractivity contribution in [3.63, 3.8) is 0 Å². The van der Waals surface area contributed by atoms with E-state index in [1.807, 2.05) is 7.05 Å². The van der Waals surface area contributed by atoms with Gasteiger partial charge < -0.3 is 5.32 Å². The second-order valence-corrected chi connectivity index (χ2v) is 7.09. The fourth-order valence-electron chi connectivity index (χ4n) is 2.55. The lowest BCUT2D eigenvalue weighted by Crippen LogP contribution is -2.23. The molecular weight excluding hydrogens is 278 g/mol. The Labute approximate surface area is 130 Å². The van der Waals surface area contributed by atoms with Crippen molar-refractivity contribution in [1.82, 2.24) is 5.32 Å². The minimum atomic E-state index is -0.748. The quantitative estimate of drug-likeness (QED) is 0.746. The fraction of sp³-hybridized carbons (Fsp3) is 0.444. The molecule has 0 fully saturated rings. The highest BCUT2D eigenvalue weighted by Crippen LogP contribution is 2.21. The lowest BCUT2D eigenvalue weighted by molar-refractivity contribution is 0.633. The van der Waals surface area contributed by atoms with E-state index in [0.29, 0.717) is 5.75 Å². The molecule has 0 aromatic heterocycles. The maximum atomic E-state index is 12.2. The van der Waals surface area contributed by atoms with Crippen molar-refractivity contribution in [2.75, 3.05) is 18.6 Å². The van der Waals surface area contributed by atoms with E-state index in [9.17, 15) is 4.21 Å². The molecule has 0 radical (unpaired) electrons. The second kappa shape index (κ2) is 8.30. The molecule has 2 nitrogen and oxygen atoms in total. The van der Waals surface area contributed by atoms with Crippen LogP contribution in [0, 0.1) is 0 Å². The molecule has 2 aromatic rings. The highest BCUT2D eigenvalue weighted by Gasteiger charge is 2.13. The first-order chi connectivity index (χ1) is 10.2. The predicted molar refractivity (Wildman–Crippen MR) is 93.2 cm³/mol. The van der Waals surface area contributed by atoms with E-state index in [-0.39, 0.29) is 6.04 Å². The van der Waals surface area contributed by atoms with Gasteiger partial charge in [0.25, 0.3) is 0 Å². The van der Waals surface area contributed by atoms with E-state index in [2.05, 4.69) is 54.7 Å². The van der Waals surface area contributed by atoms with Gasteiger partial charge in [-0.25, -0.2) is 0 Å². The summed E-state index contributed by atoms with van der Waals surface area (Å²) >= 11 is 0. The van der Waals surface area contributed by atoms with Gasteiger partial charge in [0.15, 0.2) is 0 Å². The number of hydrogen-bond acceptors (Lipinski definition) is 2. The second-order valence-electron chi connectivity index (χ2n) is 5.47. The monoisotopic (exact) mass is 303 g/mol. The Bertz CT molecular complexity index is 597. The van der Waals surface area contributed by atoms with Crippen LogP contribution in [0.2, 0.25) is 0 Å². The molecule has 0 heterocycles. The molecule has 114 valence electrons. The average molecular weight is 303 g/mol. The van der Waals surface area contributed by atoms with Crippen molar-refractivity contribution in [3.05, 3.63) is 48.0 Å². The third-order valence-corrected chi connectivity index (χ3v) is 5.30. The van der Waals surface area contributed by atoms with E-state index >= 15 is 0 Å². The van der Waals surface area contributed by atoms with Crippen molar-refractivity contribution in [2.24, 2.45) is 0 Å². The van der Waals surface area contributed by atoms with Crippen molar-refractivity contribution >= 4 is 21.6 Å². The van der Waals surface area contributed by atoms with Crippen LogP contribution in [-0.2, 0) is 10.8 Å². The first-order valence-corrected chi connectivity index (χ1v) is 9.24. The van der Waals surface area contributed by atoms with Crippen LogP contribution in [0.1, 0.15) is 37.8 Å². The van der Waals surface area contributed by atoms with Crippen LogP contribution in [0.4, 0.5) is 0 Å². The molecule has 2 aromatic carbocycles. The minimum absolute atomic E-state index is 0.164. The summed E-state index contributed by atoms with van der Waals surface area (Å²) in [5.41, 5.74) is 1.22. The highest BCUT2D eigenvalue weighted by molar-refractivity contribution is 7.85. The topological polar surface area (TPSA) is 29.1 Å². The molecular formula is C18H25NOS. The van der Waals surface area contributed by atoms with E-state index in [1.165, 1.54) is 29.2 Å². The minimum Gasteiger partial charge on any atom is -0.312 e. The van der Waals surface area contributed by atoms with Crippen LogP contribution in [-0.4, -0.2) is 22.8 Å². The Morgan fingerprint density at radius 3 is 2.57 bits per heavy atom. The first kappa shape index (κ1) is 16.2. The summed E-state index contributed by atoms with van der Waals surface area (Å²) in [6.45, 7) is 2.18. The molecule has 0 aliphatic rings. The van der Waals surface area contributed by atoms with Gasteiger partial charge in [0.2, 0.25) is 0 Å². The molecule has 0 saturated carbocycles. The Morgan fingerprint density at radius 1 is 1.10 bits per heavy atom. The summed E-state index contributed by atoms with van der Waals surface area (Å²) in [6, 6.07) is 15.0. The van der Waals surface area contributed by atoms with Gasteiger partial charge in [-0.05, 0) is 35.9 Å². The first-order valence-electron chi connectivity index (χ1n) is 7.75. The van der Waals surface area contributed by atoms with Crippen LogP contribution in [0.5, 0.6) is 0 Å². The van der Waals surface area contributed by atoms with Gasteiger partial charge in [-0.3, -0.25) is 4.21 Å². The van der Waals surface area contributed by atoms with Gasteiger partial charge in [-0.15, -0.1) is 0 Å². The molecule has 0 amide bonds. The van der Waals surface area contributed by atoms with Gasteiger partial charge in [0.1, 0.15) is 0 Å². The van der Waals surface area contributed by atoms with Gasteiger partial charge in [0, 0.05) is 28.3 Å². The van der Waals surface area contributed by atoms with Crippen molar-refractivity contribution in [3.8, 4) is 0 Å². The van der Waals surface area contributed by atoms with Crippen molar-refractivity contribution in [1.29, 1.82) is 0 Å². The van der Waals surface area contributed by atoms with Crippen LogP contribution < -0.4 is 5.32 Å². The zero-order valence-electron chi connectivity index (χ0n) is 13.0. The zero-order valence-corrected chi connectivity index (χ0v) is 13.8. The Morgan fingerprint density at radius 2 is 1.86 bits per heavy atom. The standard InChI is InChI=1S/C18H25NOS/c1-3-4-7-12-21(20)14-18(19-2)17-11-10-15-8-5-6-9-16(15)13-17/h5-6,8-11,13,18-19H,3-4,7,12,14H2,1-2H3. The molecule has 0 saturated heterocycles. The molecule has 0 bridgehead atoms. The number of hydrogen-bond donors (Lipinski definition) is 1. The lowest BCUT2D eigenvalue weighted by Gasteiger charge is -2.17. The van der Waals surface area contributed by atoms with E-state index < -0.39 is 10.8 Å². The Balaban J connectivity index is 2.06. The fourth-order valence-corrected chi connectivity index (χ4v) is 3.98. The number of unbranched alkanes of at least 4 members (excludes halogenated alkanes) is 2. The predicted octanol–water partition coefficient (Wildman–Crippen LogP) is 4.04. The highest BCUT2D eigenvalue weighted by atomic mass is 32.2. The molecule has 2 unspecified atom stereocenters. The Hall–Kier alpha value is -1.19. The molecule has 2 atom stereocenters. The zero-order chi connectivity index (χ0) is 15.1. The molecule has 2 rings (SSSR count). The smallest absolute Gasteiger partial charge is 0.0434 e. The molecule has 3 heteroatoms. The maximum absolute atomic E-state index is 12.2.